The number of rotatable bonds is 18. The second-order valence-corrected chi connectivity index (χ2v) is 17.9. The van der Waals surface area contributed by atoms with Crippen LogP contribution in [0.15, 0.2) is 194 Å². The molecule has 2 fully saturated rings. The summed E-state index contributed by atoms with van der Waals surface area (Å²) in [6, 6.07) is 63.4. The van der Waals surface area contributed by atoms with Gasteiger partial charge in [0.25, 0.3) is 0 Å². The molecule has 8 aromatic rings. The molecule has 4 heterocycles. The Morgan fingerprint density at radius 2 is 0.714 bits per heavy atom. The van der Waals surface area contributed by atoms with Crippen LogP contribution < -0.4 is 0 Å². The molecule has 2 atom stereocenters. The van der Waals surface area contributed by atoms with Crippen LogP contribution in [0.3, 0.4) is 0 Å². The molecule has 2 aliphatic heterocycles. The molecule has 12 heteroatoms. The fourth-order valence-electron chi connectivity index (χ4n) is 9.42. The average molecular weight is 929 g/mol. The van der Waals surface area contributed by atoms with Crippen LogP contribution in [0.4, 0.5) is 0 Å². The first-order valence-electron chi connectivity index (χ1n) is 24.8. The van der Waals surface area contributed by atoms with E-state index >= 15 is 0 Å². The molecule has 0 N–H and O–H groups in total. The summed E-state index contributed by atoms with van der Waals surface area (Å²) in [5.74, 6) is 1.84. The standard InChI is InChI=1S/2C29H32N6/c2*1-4-11-25(12-5-1)15-10-19-33-21-23-34(24-22-33)28(27-16-8-3-9-17-27)29-30-31-32-35(29)20-18-26-13-6-2-7-14-26/h2*1-17,28H,18-24H2/b2*15-10+/t2*28-/m10/s1. The molecule has 2 aromatic heterocycles. The van der Waals surface area contributed by atoms with Crippen LogP contribution in [-0.4, -0.2) is 125 Å². The number of piperazine rings is 2. The van der Waals surface area contributed by atoms with E-state index in [1.54, 1.807) is 0 Å². The lowest BCUT2D eigenvalue weighted by molar-refractivity contribution is 0.112. The first kappa shape index (κ1) is 47.8. The summed E-state index contributed by atoms with van der Waals surface area (Å²) < 4.78 is 3.97. The van der Waals surface area contributed by atoms with Crippen LogP contribution in [0.5, 0.6) is 0 Å². The molecule has 0 unspecified atom stereocenters. The molecule has 6 aromatic carbocycles. The Morgan fingerprint density at radius 3 is 1.07 bits per heavy atom. The van der Waals surface area contributed by atoms with Gasteiger partial charge in [-0.25, -0.2) is 9.36 Å². The highest BCUT2D eigenvalue weighted by atomic mass is 15.6. The van der Waals surface area contributed by atoms with Crippen molar-refractivity contribution in [3.05, 3.63) is 239 Å². The first-order chi connectivity index (χ1) is 34.7. The summed E-state index contributed by atoms with van der Waals surface area (Å²) >= 11 is 0. The molecular formula is C58H64N12. The minimum atomic E-state index is 0.0454. The molecule has 2 aliphatic rings. The van der Waals surface area contributed by atoms with E-state index in [9.17, 15) is 0 Å². The lowest BCUT2D eigenvalue weighted by Gasteiger charge is -2.38. The molecule has 10 rings (SSSR count). The van der Waals surface area contributed by atoms with Crippen LogP contribution >= 0.6 is 0 Å². The van der Waals surface area contributed by atoms with E-state index in [1.165, 1.54) is 33.4 Å². The van der Waals surface area contributed by atoms with E-state index in [0.29, 0.717) is 0 Å². The monoisotopic (exact) mass is 929 g/mol. The van der Waals surface area contributed by atoms with E-state index < -0.39 is 0 Å². The lowest BCUT2D eigenvalue weighted by Crippen LogP contribution is -2.48. The highest BCUT2D eigenvalue weighted by molar-refractivity contribution is 5.49. The van der Waals surface area contributed by atoms with Crippen molar-refractivity contribution in [1.29, 1.82) is 0 Å². The Morgan fingerprint density at radius 1 is 0.386 bits per heavy atom. The molecule has 0 aliphatic carbocycles. The van der Waals surface area contributed by atoms with Crippen LogP contribution in [0.2, 0.25) is 0 Å². The Kier molecular flexibility index (Phi) is 17.4. The summed E-state index contributed by atoms with van der Waals surface area (Å²) in [7, 11) is 0. The Balaban J connectivity index is 0.000000174. The van der Waals surface area contributed by atoms with Crippen molar-refractivity contribution in [1.82, 2.24) is 60.0 Å². The molecule has 0 radical (unpaired) electrons. The van der Waals surface area contributed by atoms with Gasteiger partial charge in [-0.2, -0.15) is 0 Å². The summed E-state index contributed by atoms with van der Waals surface area (Å²) in [6.45, 7) is 11.5. The van der Waals surface area contributed by atoms with Crippen LogP contribution in [0.1, 0.15) is 57.1 Å². The van der Waals surface area contributed by atoms with Gasteiger partial charge < -0.3 is 0 Å². The third-order valence-corrected chi connectivity index (χ3v) is 13.2. The lowest BCUT2D eigenvalue weighted by atomic mass is 10.0. The van der Waals surface area contributed by atoms with Gasteiger partial charge in [-0.3, -0.25) is 19.6 Å². The van der Waals surface area contributed by atoms with Gasteiger partial charge in [-0.1, -0.05) is 206 Å². The Bertz CT molecular complexity index is 2560. The third-order valence-electron chi connectivity index (χ3n) is 13.2. The number of hydrogen-bond donors (Lipinski definition) is 0. The van der Waals surface area contributed by atoms with E-state index in [-0.39, 0.29) is 12.1 Å². The molecule has 0 spiro atoms. The topological polar surface area (TPSA) is 100 Å². The molecule has 0 saturated carbocycles. The minimum Gasteiger partial charge on any atom is -0.297 e. The zero-order chi connectivity index (χ0) is 47.4. The number of nitrogens with zero attached hydrogens (tertiary/aromatic N) is 12. The zero-order valence-electron chi connectivity index (χ0n) is 40.1. The van der Waals surface area contributed by atoms with E-state index in [4.69, 9.17) is 0 Å². The summed E-state index contributed by atoms with van der Waals surface area (Å²) in [5.41, 5.74) is 7.56. The number of benzene rings is 6. The molecule has 12 nitrogen and oxygen atoms in total. The van der Waals surface area contributed by atoms with E-state index in [2.05, 4.69) is 257 Å². The average Bonchev–Trinajstić information content (AvgIpc) is 4.10. The zero-order valence-corrected chi connectivity index (χ0v) is 40.1. The van der Waals surface area contributed by atoms with Crippen molar-refractivity contribution in [3.63, 3.8) is 0 Å². The van der Waals surface area contributed by atoms with Crippen molar-refractivity contribution < 1.29 is 0 Å². The Hall–Kier alpha value is -7.22. The first-order valence-corrected chi connectivity index (χ1v) is 24.8. The van der Waals surface area contributed by atoms with Crippen molar-refractivity contribution in [2.24, 2.45) is 0 Å². The highest BCUT2D eigenvalue weighted by Gasteiger charge is 2.32. The molecular weight excluding hydrogens is 865 g/mol. The van der Waals surface area contributed by atoms with E-state index in [1.807, 2.05) is 9.36 Å². The number of tetrazole rings is 2. The number of aryl methyl sites for hydroxylation is 4. The van der Waals surface area contributed by atoms with Crippen molar-refractivity contribution in [3.8, 4) is 0 Å². The van der Waals surface area contributed by atoms with Gasteiger partial charge in [-0.05, 0) is 67.1 Å². The Labute approximate surface area is 413 Å². The normalized spacial score (nSPS) is 16.0. The van der Waals surface area contributed by atoms with Gasteiger partial charge in [0, 0.05) is 78.5 Å². The van der Waals surface area contributed by atoms with Gasteiger partial charge in [0.1, 0.15) is 0 Å². The largest absolute Gasteiger partial charge is 0.297 e. The van der Waals surface area contributed by atoms with Crippen LogP contribution in [0, 0.1) is 0 Å². The highest BCUT2D eigenvalue weighted by Crippen LogP contribution is 2.30. The molecule has 2 saturated heterocycles. The van der Waals surface area contributed by atoms with Crippen molar-refractivity contribution in [2.75, 3.05) is 65.4 Å². The maximum atomic E-state index is 4.52. The molecule has 0 bridgehead atoms. The minimum absolute atomic E-state index is 0.0454. The van der Waals surface area contributed by atoms with Gasteiger partial charge in [0.2, 0.25) is 0 Å². The predicted molar refractivity (Wildman–Crippen MR) is 279 cm³/mol. The fraction of sp³-hybridized carbons (Fsp3) is 0.276. The number of hydrogen-bond acceptors (Lipinski definition) is 10. The molecule has 70 heavy (non-hydrogen) atoms. The fourth-order valence-corrected chi connectivity index (χ4v) is 9.42. The van der Waals surface area contributed by atoms with Crippen molar-refractivity contribution >= 4 is 12.2 Å². The van der Waals surface area contributed by atoms with Crippen molar-refractivity contribution in [2.45, 2.75) is 38.0 Å². The van der Waals surface area contributed by atoms with Gasteiger partial charge in [0.15, 0.2) is 11.6 Å². The summed E-state index contributed by atoms with van der Waals surface area (Å²) in [4.78, 5) is 10.1. The summed E-state index contributed by atoms with van der Waals surface area (Å²) in [5, 5.41) is 25.9. The van der Waals surface area contributed by atoms with Gasteiger partial charge >= 0.3 is 0 Å². The maximum Gasteiger partial charge on any atom is 0.173 e. The number of aromatic nitrogens is 8. The van der Waals surface area contributed by atoms with E-state index in [0.717, 1.165) is 103 Å². The van der Waals surface area contributed by atoms with Crippen LogP contribution in [0.25, 0.3) is 12.2 Å². The third kappa shape index (κ3) is 13.5. The summed E-state index contributed by atoms with van der Waals surface area (Å²) in [6.07, 6.45) is 10.8. The van der Waals surface area contributed by atoms with Gasteiger partial charge in [0.05, 0.1) is 12.1 Å². The van der Waals surface area contributed by atoms with Crippen LogP contribution in [-0.2, 0) is 25.9 Å². The predicted octanol–water partition coefficient (Wildman–Crippen LogP) is 8.67. The molecule has 0 amide bonds. The smallest absolute Gasteiger partial charge is 0.173 e. The second-order valence-electron chi connectivity index (χ2n) is 17.9. The molecule has 356 valence electrons. The maximum absolute atomic E-state index is 4.52. The second kappa shape index (κ2) is 25.4. The SMILES string of the molecule is C(=C\c1ccccc1)/CN1CCN([C@@H](c2ccccc2)c2nnnn2CCc2ccccc2)CC1.C(=C\c1ccccc1)/CN1CCN([C@H](c2ccccc2)c2nnnn2CCc2ccccc2)CC1. The van der Waals surface area contributed by atoms with Gasteiger partial charge in [-0.15, -0.1) is 10.2 Å². The quantitative estimate of drug-likeness (QED) is 0.0832.